The molecule has 2 heterocycles. The fraction of sp³-hybridized carbons (Fsp3) is 0.875. The van der Waals surface area contributed by atoms with Gasteiger partial charge in [0.1, 0.15) is 12.1 Å². The molecule has 120 valence electrons. The van der Waals surface area contributed by atoms with Gasteiger partial charge in [-0.15, -0.1) is 0 Å². The molecule has 0 bridgehead atoms. The third-order valence-corrected chi connectivity index (χ3v) is 4.40. The summed E-state index contributed by atoms with van der Waals surface area (Å²) in [5, 5.41) is 2.87. The van der Waals surface area contributed by atoms with Crippen LogP contribution in [0.2, 0.25) is 0 Å². The first-order valence-corrected chi connectivity index (χ1v) is 8.07. The van der Waals surface area contributed by atoms with E-state index in [4.69, 9.17) is 4.74 Å². The van der Waals surface area contributed by atoms with Gasteiger partial charge in [-0.25, -0.2) is 0 Å². The van der Waals surface area contributed by atoms with Crippen molar-refractivity contribution < 1.29 is 14.3 Å². The maximum Gasteiger partial charge on any atom is 0.245 e. The van der Waals surface area contributed by atoms with E-state index >= 15 is 0 Å². The van der Waals surface area contributed by atoms with Crippen LogP contribution < -0.4 is 5.32 Å². The monoisotopic (exact) mass is 296 g/mol. The molecule has 3 unspecified atom stereocenters. The number of hydrogen-bond donors (Lipinski definition) is 1. The third kappa shape index (κ3) is 3.57. The molecule has 2 saturated heterocycles. The number of carbonyl (C=O) groups excluding carboxylic acids is 2. The Balaban J connectivity index is 2.12. The molecule has 2 fully saturated rings. The minimum atomic E-state index is -0.394. The van der Waals surface area contributed by atoms with Crippen molar-refractivity contribution in [3.63, 3.8) is 0 Å². The molecule has 0 aliphatic carbocycles. The quantitative estimate of drug-likeness (QED) is 0.859. The van der Waals surface area contributed by atoms with E-state index in [0.29, 0.717) is 13.0 Å². The molecule has 0 aromatic heterocycles. The molecule has 2 rings (SSSR count). The molecule has 0 aromatic rings. The lowest BCUT2D eigenvalue weighted by Crippen LogP contribution is -2.66. The number of piperazine rings is 1. The van der Waals surface area contributed by atoms with Gasteiger partial charge in [-0.2, -0.15) is 0 Å². The number of rotatable bonds is 4. The van der Waals surface area contributed by atoms with Crippen LogP contribution in [0.1, 0.15) is 53.4 Å². The summed E-state index contributed by atoms with van der Waals surface area (Å²) in [7, 11) is 0. The molecule has 2 aliphatic rings. The maximum atomic E-state index is 12.6. The Labute approximate surface area is 127 Å². The Morgan fingerprint density at radius 3 is 2.57 bits per heavy atom. The molecule has 21 heavy (non-hydrogen) atoms. The number of nitrogens with zero attached hydrogens (tertiary/aromatic N) is 1. The molecule has 2 amide bonds. The van der Waals surface area contributed by atoms with Crippen molar-refractivity contribution in [1.82, 2.24) is 10.2 Å². The van der Waals surface area contributed by atoms with Crippen LogP contribution in [0.4, 0.5) is 0 Å². The van der Waals surface area contributed by atoms with Crippen LogP contribution in [0, 0.1) is 5.41 Å². The zero-order valence-electron chi connectivity index (χ0n) is 13.6. The predicted octanol–water partition coefficient (Wildman–Crippen LogP) is 1.71. The molecular formula is C16H28N2O3. The highest BCUT2D eigenvalue weighted by Crippen LogP contribution is 2.29. The van der Waals surface area contributed by atoms with E-state index in [1.165, 1.54) is 0 Å². The summed E-state index contributed by atoms with van der Waals surface area (Å²) in [6.07, 6.45) is 3.86. The zero-order chi connectivity index (χ0) is 15.6. The zero-order valence-corrected chi connectivity index (χ0v) is 13.6. The van der Waals surface area contributed by atoms with Crippen LogP contribution in [-0.4, -0.2) is 48.1 Å². The minimum absolute atomic E-state index is 0.0266. The van der Waals surface area contributed by atoms with Crippen molar-refractivity contribution in [3.05, 3.63) is 0 Å². The van der Waals surface area contributed by atoms with Gasteiger partial charge < -0.3 is 15.0 Å². The van der Waals surface area contributed by atoms with Crippen molar-refractivity contribution in [1.29, 1.82) is 0 Å². The number of carbonyl (C=O) groups is 2. The van der Waals surface area contributed by atoms with Crippen LogP contribution >= 0.6 is 0 Å². The summed E-state index contributed by atoms with van der Waals surface area (Å²) in [6.45, 7) is 9.38. The average Bonchev–Trinajstić information content (AvgIpc) is 2.90. The highest BCUT2D eigenvalue weighted by molar-refractivity contribution is 5.97. The Hall–Kier alpha value is -1.10. The largest absolute Gasteiger partial charge is 0.378 e. The van der Waals surface area contributed by atoms with E-state index in [-0.39, 0.29) is 29.4 Å². The molecule has 5 heteroatoms. The van der Waals surface area contributed by atoms with E-state index in [1.54, 1.807) is 4.90 Å². The first kappa shape index (κ1) is 16.3. The van der Waals surface area contributed by atoms with E-state index in [0.717, 1.165) is 25.9 Å². The highest BCUT2D eigenvalue weighted by atomic mass is 16.5. The molecular weight excluding hydrogens is 268 g/mol. The summed E-state index contributed by atoms with van der Waals surface area (Å²) >= 11 is 0. The molecule has 0 radical (unpaired) electrons. The number of amides is 2. The smallest absolute Gasteiger partial charge is 0.245 e. The Bertz CT molecular complexity index is 397. The summed E-state index contributed by atoms with van der Waals surface area (Å²) in [5.41, 5.74) is -0.269. The van der Waals surface area contributed by atoms with Crippen molar-refractivity contribution >= 4 is 11.8 Å². The Morgan fingerprint density at radius 2 is 2.05 bits per heavy atom. The lowest BCUT2D eigenvalue weighted by molar-refractivity contribution is -0.154. The third-order valence-electron chi connectivity index (χ3n) is 4.40. The lowest BCUT2D eigenvalue weighted by atomic mass is 9.82. The second-order valence-electron chi connectivity index (χ2n) is 7.19. The van der Waals surface area contributed by atoms with E-state index in [2.05, 4.69) is 5.32 Å². The SMILES string of the molecule is CCC1NC(=O)C(C(C)(C)C)N(CCC2CCCO2)C1=O. The molecule has 0 saturated carbocycles. The van der Waals surface area contributed by atoms with Gasteiger partial charge in [-0.3, -0.25) is 9.59 Å². The maximum absolute atomic E-state index is 12.6. The fourth-order valence-corrected chi connectivity index (χ4v) is 3.31. The summed E-state index contributed by atoms with van der Waals surface area (Å²) in [6, 6.07) is -0.769. The van der Waals surface area contributed by atoms with Gasteiger partial charge in [0.15, 0.2) is 0 Å². The standard InChI is InChI=1S/C16H28N2O3/c1-5-12-15(20)18(9-8-11-7-6-10-21-11)13(14(19)17-12)16(2,3)4/h11-13H,5-10H2,1-4H3,(H,17,19). The summed E-state index contributed by atoms with van der Waals surface area (Å²) in [5.74, 6) is 0.0244. The normalized spacial score (nSPS) is 30.7. The van der Waals surface area contributed by atoms with Gasteiger partial charge >= 0.3 is 0 Å². The molecule has 5 nitrogen and oxygen atoms in total. The van der Waals surface area contributed by atoms with Gasteiger partial charge in [0.25, 0.3) is 0 Å². The van der Waals surface area contributed by atoms with E-state index in [9.17, 15) is 9.59 Å². The van der Waals surface area contributed by atoms with Crippen molar-refractivity contribution in [3.8, 4) is 0 Å². The van der Waals surface area contributed by atoms with Crippen molar-refractivity contribution in [2.75, 3.05) is 13.2 Å². The first-order chi connectivity index (χ1) is 9.84. The fourth-order valence-electron chi connectivity index (χ4n) is 3.31. The van der Waals surface area contributed by atoms with E-state index < -0.39 is 6.04 Å². The second kappa shape index (κ2) is 6.34. The van der Waals surface area contributed by atoms with Gasteiger partial charge in [0.2, 0.25) is 11.8 Å². The van der Waals surface area contributed by atoms with Crippen LogP contribution in [-0.2, 0) is 14.3 Å². The van der Waals surface area contributed by atoms with Crippen LogP contribution in [0.15, 0.2) is 0 Å². The van der Waals surface area contributed by atoms with Gasteiger partial charge in [-0.05, 0) is 31.1 Å². The molecule has 1 N–H and O–H groups in total. The molecule has 0 aromatic carbocycles. The molecule has 3 atom stereocenters. The van der Waals surface area contributed by atoms with Crippen molar-refractivity contribution in [2.45, 2.75) is 71.6 Å². The molecule has 0 spiro atoms. The van der Waals surface area contributed by atoms with Crippen molar-refractivity contribution in [2.24, 2.45) is 5.41 Å². The Kier molecular flexibility index (Phi) is 4.91. The van der Waals surface area contributed by atoms with Crippen LogP contribution in [0.3, 0.4) is 0 Å². The number of nitrogens with one attached hydrogen (secondary N) is 1. The second-order valence-corrected chi connectivity index (χ2v) is 7.19. The summed E-state index contributed by atoms with van der Waals surface area (Å²) < 4.78 is 5.64. The molecule has 2 aliphatic heterocycles. The van der Waals surface area contributed by atoms with Crippen LogP contribution in [0.5, 0.6) is 0 Å². The first-order valence-electron chi connectivity index (χ1n) is 8.07. The number of hydrogen-bond acceptors (Lipinski definition) is 3. The van der Waals surface area contributed by atoms with E-state index in [1.807, 2.05) is 27.7 Å². The number of ether oxygens (including phenoxy) is 1. The van der Waals surface area contributed by atoms with Gasteiger partial charge in [0.05, 0.1) is 6.10 Å². The van der Waals surface area contributed by atoms with Crippen LogP contribution in [0.25, 0.3) is 0 Å². The van der Waals surface area contributed by atoms with Gasteiger partial charge in [-0.1, -0.05) is 27.7 Å². The predicted molar refractivity (Wildman–Crippen MR) is 80.8 cm³/mol. The minimum Gasteiger partial charge on any atom is -0.378 e. The summed E-state index contributed by atoms with van der Waals surface area (Å²) in [4.78, 5) is 26.8. The average molecular weight is 296 g/mol. The van der Waals surface area contributed by atoms with Gasteiger partial charge in [0, 0.05) is 13.2 Å². The Morgan fingerprint density at radius 1 is 1.33 bits per heavy atom. The lowest BCUT2D eigenvalue weighted by Gasteiger charge is -2.44. The topological polar surface area (TPSA) is 58.6 Å². The highest BCUT2D eigenvalue weighted by Gasteiger charge is 2.45.